The molecular formula is C29H36N2O3. The van der Waals surface area contributed by atoms with Crippen LogP contribution in [-0.2, 0) is 6.42 Å². The third kappa shape index (κ3) is 8.56. The quantitative estimate of drug-likeness (QED) is 0.156. The molecule has 0 aliphatic rings. The van der Waals surface area contributed by atoms with Gasteiger partial charge in [0.25, 0.3) is 0 Å². The number of carbonyl (C=O) groups excluding carboxylic acids is 1. The molecule has 180 valence electrons. The lowest BCUT2D eigenvalue weighted by Crippen LogP contribution is -2.10. The van der Waals surface area contributed by atoms with Crippen molar-refractivity contribution in [3.8, 4) is 23.6 Å². The summed E-state index contributed by atoms with van der Waals surface area (Å²) in [7, 11) is 0. The van der Waals surface area contributed by atoms with Crippen LogP contribution in [0.2, 0.25) is 0 Å². The summed E-state index contributed by atoms with van der Waals surface area (Å²) in [6.07, 6.45) is 12.6. The number of esters is 1. The molecule has 0 heterocycles. The van der Waals surface area contributed by atoms with Crippen LogP contribution in [0.3, 0.4) is 0 Å². The monoisotopic (exact) mass is 460 g/mol. The fourth-order valence-electron chi connectivity index (χ4n) is 3.78. The minimum absolute atomic E-state index is 0.0167. The van der Waals surface area contributed by atoms with Crippen LogP contribution in [0, 0.1) is 22.7 Å². The van der Waals surface area contributed by atoms with Crippen molar-refractivity contribution >= 4 is 5.97 Å². The zero-order chi connectivity index (χ0) is 24.6. The minimum atomic E-state index is -0.556. The van der Waals surface area contributed by atoms with Gasteiger partial charge in [0.1, 0.15) is 29.0 Å². The number of hydrogen-bond acceptors (Lipinski definition) is 5. The highest BCUT2D eigenvalue weighted by molar-refractivity contribution is 5.91. The van der Waals surface area contributed by atoms with Gasteiger partial charge in [0, 0.05) is 0 Å². The number of unbranched alkanes of at least 4 members (excludes halogenated alkanes) is 8. The van der Waals surface area contributed by atoms with E-state index in [1.54, 1.807) is 18.2 Å². The fourth-order valence-corrected chi connectivity index (χ4v) is 3.78. The normalized spacial score (nSPS) is 10.4. The lowest BCUT2D eigenvalue weighted by molar-refractivity contribution is 0.0734. The number of benzene rings is 2. The number of nitrogens with zero attached hydrogens (tertiary/aromatic N) is 2. The summed E-state index contributed by atoms with van der Waals surface area (Å²) in [5.41, 5.74) is 1.71. The second-order valence-electron chi connectivity index (χ2n) is 8.55. The van der Waals surface area contributed by atoms with Crippen LogP contribution >= 0.6 is 0 Å². The van der Waals surface area contributed by atoms with Crippen molar-refractivity contribution in [2.45, 2.75) is 84.5 Å². The molecule has 2 aromatic carbocycles. The van der Waals surface area contributed by atoms with Crippen molar-refractivity contribution in [3.63, 3.8) is 0 Å². The Morgan fingerprint density at radius 3 is 1.91 bits per heavy atom. The van der Waals surface area contributed by atoms with E-state index in [2.05, 4.69) is 13.8 Å². The molecule has 0 saturated heterocycles. The van der Waals surface area contributed by atoms with Crippen LogP contribution in [0.4, 0.5) is 0 Å². The molecule has 5 nitrogen and oxygen atoms in total. The highest BCUT2D eigenvalue weighted by Gasteiger charge is 2.18. The summed E-state index contributed by atoms with van der Waals surface area (Å²) < 4.78 is 11.2. The van der Waals surface area contributed by atoms with E-state index in [0.29, 0.717) is 17.9 Å². The van der Waals surface area contributed by atoms with Gasteiger partial charge in [0.2, 0.25) is 0 Å². The number of hydrogen-bond donors (Lipinski definition) is 0. The average molecular weight is 461 g/mol. The second kappa shape index (κ2) is 15.5. The number of carbonyl (C=O) groups is 1. The second-order valence-corrected chi connectivity index (χ2v) is 8.55. The van der Waals surface area contributed by atoms with Crippen LogP contribution in [-0.4, -0.2) is 12.6 Å². The van der Waals surface area contributed by atoms with E-state index in [1.165, 1.54) is 50.2 Å². The van der Waals surface area contributed by atoms with E-state index in [0.717, 1.165) is 32.1 Å². The Balaban J connectivity index is 1.99. The van der Waals surface area contributed by atoms with E-state index >= 15 is 0 Å². The predicted octanol–water partition coefficient (Wildman–Crippen LogP) is 7.51. The van der Waals surface area contributed by atoms with Gasteiger partial charge in [-0.15, -0.1) is 0 Å². The lowest BCUT2D eigenvalue weighted by Gasteiger charge is -2.12. The van der Waals surface area contributed by atoms with Gasteiger partial charge >= 0.3 is 5.97 Å². The van der Waals surface area contributed by atoms with Gasteiger partial charge in [0.05, 0.1) is 12.2 Å². The highest BCUT2D eigenvalue weighted by atomic mass is 16.5. The summed E-state index contributed by atoms with van der Waals surface area (Å²) in [4.78, 5) is 12.7. The van der Waals surface area contributed by atoms with Gasteiger partial charge in [-0.05, 0) is 49.1 Å². The Kier molecular flexibility index (Phi) is 12.3. The summed E-state index contributed by atoms with van der Waals surface area (Å²) in [6.45, 7) is 4.85. The van der Waals surface area contributed by atoms with Crippen molar-refractivity contribution in [2.24, 2.45) is 0 Å². The molecule has 0 unspecified atom stereocenters. The molecule has 0 saturated carbocycles. The molecule has 5 heteroatoms. The molecule has 0 N–H and O–H groups in total. The van der Waals surface area contributed by atoms with Gasteiger partial charge in [-0.25, -0.2) is 4.79 Å². The molecule has 0 fully saturated rings. The first-order valence-electron chi connectivity index (χ1n) is 12.6. The van der Waals surface area contributed by atoms with E-state index in [1.807, 2.05) is 24.3 Å². The van der Waals surface area contributed by atoms with Gasteiger partial charge in [0.15, 0.2) is 5.75 Å². The maximum absolute atomic E-state index is 12.7. The summed E-state index contributed by atoms with van der Waals surface area (Å²) >= 11 is 0. The molecular weight excluding hydrogens is 424 g/mol. The van der Waals surface area contributed by atoms with E-state index in [-0.39, 0.29) is 16.9 Å². The summed E-state index contributed by atoms with van der Waals surface area (Å²) in [6, 6.07) is 14.5. The number of rotatable bonds is 15. The molecule has 2 aromatic rings. The molecule has 0 aliphatic carbocycles. The Hall–Kier alpha value is -3.31. The van der Waals surface area contributed by atoms with Crippen molar-refractivity contribution in [2.75, 3.05) is 6.61 Å². The van der Waals surface area contributed by atoms with Crippen molar-refractivity contribution in [1.29, 1.82) is 10.5 Å². The molecule has 0 spiro atoms. The van der Waals surface area contributed by atoms with Crippen LogP contribution in [0.1, 0.15) is 105 Å². The predicted molar refractivity (Wildman–Crippen MR) is 134 cm³/mol. The average Bonchev–Trinajstić information content (AvgIpc) is 2.86. The molecule has 0 bridgehead atoms. The summed E-state index contributed by atoms with van der Waals surface area (Å²) in [5.74, 6) is -0.142. The highest BCUT2D eigenvalue weighted by Crippen LogP contribution is 2.30. The standard InChI is InChI=1S/C29H36N2O3/c1-3-5-7-9-11-13-23-14-16-24(17-15-23)29(32)34-28-19-18-27(25(21-30)26(28)22-31)33-20-12-10-8-6-4-2/h14-19H,3-13,20H2,1-2H3. The molecule has 0 radical (unpaired) electrons. The first-order valence-corrected chi connectivity index (χ1v) is 12.6. The number of ether oxygens (including phenoxy) is 2. The molecule has 2 rings (SSSR count). The first kappa shape index (κ1) is 26.9. The zero-order valence-electron chi connectivity index (χ0n) is 20.6. The van der Waals surface area contributed by atoms with Gasteiger partial charge in [-0.1, -0.05) is 77.3 Å². The molecule has 0 aliphatic heterocycles. The van der Waals surface area contributed by atoms with Gasteiger partial charge in [-0.2, -0.15) is 10.5 Å². The fraction of sp³-hybridized carbons (Fsp3) is 0.483. The minimum Gasteiger partial charge on any atom is -0.492 e. The van der Waals surface area contributed by atoms with Gasteiger partial charge in [-0.3, -0.25) is 0 Å². The smallest absolute Gasteiger partial charge is 0.343 e. The van der Waals surface area contributed by atoms with Crippen molar-refractivity contribution < 1.29 is 14.3 Å². The molecule has 0 amide bonds. The van der Waals surface area contributed by atoms with Crippen molar-refractivity contribution in [3.05, 3.63) is 58.7 Å². The Morgan fingerprint density at radius 1 is 0.735 bits per heavy atom. The molecule has 34 heavy (non-hydrogen) atoms. The largest absolute Gasteiger partial charge is 0.492 e. The van der Waals surface area contributed by atoms with Crippen LogP contribution < -0.4 is 9.47 Å². The third-order valence-corrected chi connectivity index (χ3v) is 5.82. The Labute approximate surface area is 204 Å². The SMILES string of the molecule is CCCCCCCOc1ccc(OC(=O)c2ccc(CCCCCCC)cc2)c(C#N)c1C#N. The van der Waals surface area contributed by atoms with E-state index < -0.39 is 5.97 Å². The van der Waals surface area contributed by atoms with Crippen LogP contribution in [0.5, 0.6) is 11.5 Å². The number of aryl methyl sites for hydroxylation is 1. The lowest BCUT2D eigenvalue weighted by atomic mass is 10.0. The van der Waals surface area contributed by atoms with Crippen LogP contribution in [0.15, 0.2) is 36.4 Å². The molecule has 0 aromatic heterocycles. The van der Waals surface area contributed by atoms with Gasteiger partial charge < -0.3 is 9.47 Å². The third-order valence-electron chi connectivity index (χ3n) is 5.82. The zero-order valence-corrected chi connectivity index (χ0v) is 20.6. The molecule has 0 atom stereocenters. The maximum atomic E-state index is 12.7. The Morgan fingerprint density at radius 2 is 1.29 bits per heavy atom. The first-order chi connectivity index (χ1) is 16.6. The Bertz CT molecular complexity index is 984. The van der Waals surface area contributed by atoms with Crippen molar-refractivity contribution in [1.82, 2.24) is 0 Å². The van der Waals surface area contributed by atoms with E-state index in [9.17, 15) is 15.3 Å². The van der Waals surface area contributed by atoms with E-state index in [4.69, 9.17) is 9.47 Å². The van der Waals surface area contributed by atoms with Crippen LogP contribution in [0.25, 0.3) is 0 Å². The summed E-state index contributed by atoms with van der Waals surface area (Å²) in [5, 5.41) is 19.2. The topological polar surface area (TPSA) is 83.1 Å². The maximum Gasteiger partial charge on any atom is 0.343 e. The number of nitriles is 2.